The zero-order valence-electron chi connectivity index (χ0n) is 9.81. The Morgan fingerprint density at radius 1 is 0.882 bits per heavy atom. The van der Waals surface area contributed by atoms with Gasteiger partial charge >= 0.3 is 0 Å². The maximum atomic E-state index is 9.27. The minimum atomic E-state index is 0.246. The fraction of sp³-hybridized carbons (Fsp3) is 0.143. The topological polar surface area (TPSA) is 38.7 Å². The molecule has 0 fully saturated rings. The van der Waals surface area contributed by atoms with Crippen LogP contribution in [0.15, 0.2) is 42.5 Å². The van der Waals surface area contributed by atoms with Gasteiger partial charge in [0.15, 0.2) is 11.5 Å². The van der Waals surface area contributed by atoms with Crippen molar-refractivity contribution in [2.24, 2.45) is 0 Å². The van der Waals surface area contributed by atoms with Crippen LogP contribution in [0.2, 0.25) is 0 Å². The third kappa shape index (κ3) is 2.18. The van der Waals surface area contributed by atoms with Gasteiger partial charge in [-0.3, -0.25) is 0 Å². The number of benzene rings is 2. The van der Waals surface area contributed by atoms with E-state index in [1.54, 1.807) is 26.4 Å². The van der Waals surface area contributed by atoms with Crippen molar-refractivity contribution in [1.82, 2.24) is 0 Å². The van der Waals surface area contributed by atoms with Gasteiger partial charge in [-0.1, -0.05) is 24.3 Å². The quantitative estimate of drug-likeness (QED) is 0.880. The zero-order valence-corrected chi connectivity index (χ0v) is 9.81. The molecule has 2 aromatic carbocycles. The molecule has 1 N–H and O–H groups in total. The van der Waals surface area contributed by atoms with Crippen LogP contribution in [-0.4, -0.2) is 19.3 Å². The Morgan fingerprint density at radius 3 is 2.18 bits per heavy atom. The fourth-order valence-corrected chi connectivity index (χ4v) is 1.76. The molecular weight excluding hydrogens is 216 g/mol. The van der Waals surface area contributed by atoms with E-state index in [-0.39, 0.29) is 5.75 Å². The second kappa shape index (κ2) is 4.78. The summed E-state index contributed by atoms with van der Waals surface area (Å²) in [4.78, 5) is 0. The lowest BCUT2D eigenvalue weighted by Crippen LogP contribution is -1.92. The molecule has 0 aromatic heterocycles. The molecule has 3 heteroatoms. The van der Waals surface area contributed by atoms with Gasteiger partial charge in [0.2, 0.25) is 0 Å². The van der Waals surface area contributed by atoms with Gasteiger partial charge in [-0.15, -0.1) is 0 Å². The monoisotopic (exact) mass is 230 g/mol. The number of aromatic hydroxyl groups is 1. The molecule has 0 saturated carbocycles. The standard InChI is InChI=1S/C14H14O3/c1-16-13-5-3-4-12(14(13)17-2)10-6-8-11(15)9-7-10/h3-9,15H,1-2H3. The summed E-state index contributed by atoms with van der Waals surface area (Å²) < 4.78 is 10.6. The van der Waals surface area contributed by atoms with Crippen molar-refractivity contribution in [3.63, 3.8) is 0 Å². The molecule has 0 aliphatic carbocycles. The Hall–Kier alpha value is -2.16. The summed E-state index contributed by atoms with van der Waals surface area (Å²) in [6.45, 7) is 0. The molecule has 0 heterocycles. The highest BCUT2D eigenvalue weighted by Crippen LogP contribution is 2.37. The minimum absolute atomic E-state index is 0.246. The van der Waals surface area contributed by atoms with E-state index in [0.717, 1.165) is 11.1 Å². The molecule has 0 atom stereocenters. The van der Waals surface area contributed by atoms with Gasteiger partial charge in [0, 0.05) is 5.56 Å². The molecule has 2 rings (SSSR count). The summed E-state index contributed by atoms with van der Waals surface area (Å²) in [7, 11) is 3.22. The van der Waals surface area contributed by atoms with Crippen molar-refractivity contribution in [1.29, 1.82) is 0 Å². The molecule has 2 aromatic rings. The van der Waals surface area contributed by atoms with Crippen LogP contribution in [0.25, 0.3) is 11.1 Å². The van der Waals surface area contributed by atoms with Crippen molar-refractivity contribution >= 4 is 0 Å². The predicted octanol–water partition coefficient (Wildman–Crippen LogP) is 3.08. The lowest BCUT2D eigenvalue weighted by atomic mass is 10.0. The fourth-order valence-electron chi connectivity index (χ4n) is 1.76. The third-order valence-electron chi connectivity index (χ3n) is 2.58. The second-order valence-corrected chi connectivity index (χ2v) is 3.59. The van der Waals surface area contributed by atoms with E-state index in [0.29, 0.717) is 11.5 Å². The third-order valence-corrected chi connectivity index (χ3v) is 2.58. The van der Waals surface area contributed by atoms with Gasteiger partial charge in [-0.25, -0.2) is 0 Å². The number of hydrogen-bond acceptors (Lipinski definition) is 3. The summed E-state index contributed by atoms with van der Waals surface area (Å²) in [6, 6.07) is 12.7. The van der Waals surface area contributed by atoms with Crippen LogP contribution < -0.4 is 9.47 Å². The predicted molar refractivity (Wildman–Crippen MR) is 66.6 cm³/mol. The summed E-state index contributed by atoms with van der Waals surface area (Å²) in [6.07, 6.45) is 0. The molecule has 17 heavy (non-hydrogen) atoms. The zero-order chi connectivity index (χ0) is 12.3. The van der Waals surface area contributed by atoms with Gasteiger partial charge in [0.1, 0.15) is 5.75 Å². The lowest BCUT2D eigenvalue weighted by molar-refractivity contribution is 0.356. The number of methoxy groups -OCH3 is 2. The van der Waals surface area contributed by atoms with Crippen LogP contribution in [0.5, 0.6) is 17.2 Å². The summed E-state index contributed by atoms with van der Waals surface area (Å²) in [5.41, 5.74) is 1.91. The molecule has 0 spiro atoms. The van der Waals surface area contributed by atoms with Crippen molar-refractivity contribution in [3.05, 3.63) is 42.5 Å². The smallest absolute Gasteiger partial charge is 0.168 e. The van der Waals surface area contributed by atoms with E-state index in [4.69, 9.17) is 9.47 Å². The Bertz CT molecular complexity index is 503. The first-order valence-corrected chi connectivity index (χ1v) is 5.26. The molecule has 0 aliphatic heterocycles. The summed E-state index contributed by atoms with van der Waals surface area (Å²) in [5.74, 6) is 1.63. The normalized spacial score (nSPS) is 10.0. The van der Waals surface area contributed by atoms with Crippen LogP contribution in [0.1, 0.15) is 0 Å². The molecule has 0 bridgehead atoms. The number of phenols is 1. The highest BCUT2D eigenvalue weighted by Gasteiger charge is 2.10. The van der Waals surface area contributed by atoms with Gasteiger partial charge in [-0.2, -0.15) is 0 Å². The van der Waals surface area contributed by atoms with E-state index in [2.05, 4.69) is 0 Å². The molecule has 88 valence electrons. The van der Waals surface area contributed by atoms with Gasteiger partial charge in [0.05, 0.1) is 14.2 Å². The number of phenolic OH excluding ortho intramolecular Hbond substituents is 1. The first-order chi connectivity index (χ1) is 8.26. The van der Waals surface area contributed by atoms with E-state index in [1.165, 1.54) is 0 Å². The molecule has 0 saturated heterocycles. The Kier molecular flexibility index (Phi) is 3.19. The maximum absolute atomic E-state index is 9.27. The molecule has 3 nitrogen and oxygen atoms in total. The van der Waals surface area contributed by atoms with Gasteiger partial charge in [-0.05, 0) is 23.8 Å². The van der Waals surface area contributed by atoms with E-state index in [1.807, 2.05) is 30.3 Å². The van der Waals surface area contributed by atoms with Crippen molar-refractivity contribution in [2.45, 2.75) is 0 Å². The van der Waals surface area contributed by atoms with Crippen molar-refractivity contribution < 1.29 is 14.6 Å². The SMILES string of the molecule is COc1cccc(-c2ccc(O)cc2)c1OC. The van der Waals surface area contributed by atoms with Crippen LogP contribution in [0, 0.1) is 0 Å². The van der Waals surface area contributed by atoms with Crippen LogP contribution >= 0.6 is 0 Å². The first-order valence-electron chi connectivity index (χ1n) is 5.26. The first kappa shape index (κ1) is 11.3. The molecule has 0 amide bonds. The van der Waals surface area contributed by atoms with Gasteiger partial charge < -0.3 is 14.6 Å². The Morgan fingerprint density at radius 2 is 1.59 bits per heavy atom. The van der Waals surface area contributed by atoms with Crippen LogP contribution in [0.3, 0.4) is 0 Å². The average Bonchev–Trinajstić information content (AvgIpc) is 2.38. The summed E-state index contributed by atoms with van der Waals surface area (Å²) in [5, 5.41) is 9.27. The lowest BCUT2D eigenvalue weighted by Gasteiger charge is -2.12. The van der Waals surface area contributed by atoms with Crippen molar-refractivity contribution in [2.75, 3.05) is 14.2 Å². The summed E-state index contributed by atoms with van der Waals surface area (Å²) >= 11 is 0. The van der Waals surface area contributed by atoms with Gasteiger partial charge in [0.25, 0.3) is 0 Å². The number of hydrogen-bond donors (Lipinski definition) is 1. The van der Waals surface area contributed by atoms with E-state index in [9.17, 15) is 5.11 Å². The number of para-hydroxylation sites is 1. The van der Waals surface area contributed by atoms with Crippen LogP contribution in [0.4, 0.5) is 0 Å². The van der Waals surface area contributed by atoms with Crippen LogP contribution in [-0.2, 0) is 0 Å². The number of rotatable bonds is 3. The maximum Gasteiger partial charge on any atom is 0.168 e. The highest BCUT2D eigenvalue weighted by atomic mass is 16.5. The van der Waals surface area contributed by atoms with Crippen molar-refractivity contribution in [3.8, 4) is 28.4 Å². The second-order valence-electron chi connectivity index (χ2n) is 3.59. The Labute approximate surface area is 100 Å². The molecular formula is C14H14O3. The number of ether oxygens (including phenoxy) is 2. The highest BCUT2D eigenvalue weighted by molar-refractivity contribution is 5.74. The molecule has 0 radical (unpaired) electrons. The minimum Gasteiger partial charge on any atom is -0.508 e. The average molecular weight is 230 g/mol. The largest absolute Gasteiger partial charge is 0.508 e. The van der Waals surface area contributed by atoms with E-state index < -0.39 is 0 Å². The molecule has 0 aliphatic rings. The molecule has 0 unspecified atom stereocenters. The Balaban J connectivity index is 2.54. The van der Waals surface area contributed by atoms with E-state index >= 15 is 0 Å².